The Morgan fingerprint density at radius 3 is 2.43 bits per heavy atom. The maximum absolute atomic E-state index is 12.3. The lowest BCUT2D eigenvalue weighted by Gasteiger charge is -2.14. The van der Waals surface area contributed by atoms with Crippen LogP contribution in [0.15, 0.2) is 53.1 Å². The molecule has 0 bridgehead atoms. The Morgan fingerprint density at radius 2 is 1.77 bits per heavy atom. The quantitative estimate of drug-likeness (QED) is 0.550. The third-order valence-corrected chi connectivity index (χ3v) is 4.78. The lowest BCUT2D eigenvalue weighted by molar-refractivity contribution is -0.121. The van der Waals surface area contributed by atoms with E-state index >= 15 is 0 Å². The number of benzene rings is 2. The van der Waals surface area contributed by atoms with E-state index in [9.17, 15) is 9.59 Å². The molecule has 3 aromatic rings. The van der Waals surface area contributed by atoms with Gasteiger partial charge in [-0.1, -0.05) is 35.8 Å². The molecule has 156 valence electrons. The maximum Gasteiger partial charge on any atom is 0.227 e. The monoisotopic (exact) mass is 426 g/mol. The molecule has 1 atom stereocenters. The van der Waals surface area contributed by atoms with Gasteiger partial charge in [-0.3, -0.25) is 9.59 Å². The summed E-state index contributed by atoms with van der Waals surface area (Å²) in [4.78, 5) is 28.1. The molecule has 2 amide bonds. The Balaban J connectivity index is 1.49. The molecule has 3 rings (SSSR count). The molecule has 2 N–H and O–H groups in total. The van der Waals surface area contributed by atoms with Crippen molar-refractivity contribution in [3.05, 3.63) is 65.0 Å². The van der Waals surface area contributed by atoms with Gasteiger partial charge in [-0.25, -0.2) is 0 Å². The summed E-state index contributed by atoms with van der Waals surface area (Å²) in [6.45, 7) is 3.71. The zero-order valence-corrected chi connectivity index (χ0v) is 17.6. The molecule has 2 aromatic carbocycles. The lowest BCUT2D eigenvalue weighted by Crippen LogP contribution is -2.26. The first-order chi connectivity index (χ1) is 14.4. The van der Waals surface area contributed by atoms with E-state index in [4.69, 9.17) is 16.1 Å². The summed E-state index contributed by atoms with van der Waals surface area (Å²) in [6.07, 6.45) is 1.01. The molecule has 0 aliphatic carbocycles. The Kier molecular flexibility index (Phi) is 7.19. The Bertz CT molecular complexity index is 1000. The molecule has 0 saturated carbocycles. The summed E-state index contributed by atoms with van der Waals surface area (Å²) in [6, 6.07) is 14.4. The molecule has 0 aliphatic heterocycles. The zero-order valence-electron chi connectivity index (χ0n) is 16.8. The Morgan fingerprint density at radius 1 is 1.07 bits per heavy atom. The van der Waals surface area contributed by atoms with Gasteiger partial charge >= 0.3 is 0 Å². The predicted molar refractivity (Wildman–Crippen MR) is 115 cm³/mol. The van der Waals surface area contributed by atoms with Crippen LogP contribution in [0.1, 0.15) is 44.2 Å². The van der Waals surface area contributed by atoms with Crippen LogP contribution in [0.25, 0.3) is 11.4 Å². The van der Waals surface area contributed by atoms with Crippen LogP contribution >= 0.6 is 11.6 Å². The number of carbonyl (C=O) groups is 2. The number of hydrogen-bond acceptors (Lipinski definition) is 5. The van der Waals surface area contributed by atoms with Crippen molar-refractivity contribution < 1.29 is 14.1 Å². The van der Waals surface area contributed by atoms with E-state index < -0.39 is 0 Å². The van der Waals surface area contributed by atoms with Crippen LogP contribution in [0.2, 0.25) is 5.02 Å². The fourth-order valence-corrected chi connectivity index (χ4v) is 2.92. The molecule has 0 radical (unpaired) electrons. The number of nitrogens with one attached hydrogen (secondary N) is 2. The van der Waals surface area contributed by atoms with Crippen molar-refractivity contribution in [2.24, 2.45) is 0 Å². The number of nitrogens with zero attached hydrogens (tertiary/aromatic N) is 2. The van der Waals surface area contributed by atoms with Crippen LogP contribution < -0.4 is 10.6 Å². The van der Waals surface area contributed by atoms with Gasteiger partial charge in [0.2, 0.25) is 23.5 Å². The summed E-state index contributed by atoms with van der Waals surface area (Å²) >= 11 is 5.88. The van der Waals surface area contributed by atoms with Crippen LogP contribution in [-0.4, -0.2) is 22.0 Å². The van der Waals surface area contributed by atoms with E-state index in [2.05, 4.69) is 20.8 Å². The number of amides is 2. The van der Waals surface area contributed by atoms with Gasteiger partial charge in [-0.2, -0.15) is 4.98 Å². The van der Waals surface area contributed by atoms with Crippen LogP contribution in [-0.2, 0) is 16.0 Å². The summed E-state index contributed by atoms with van der Waals surface area (Å²) < 4.78 is 5.23. The van der Waals surface area contributed by atoms with Gasteiger partial charge < -0.3 is 15.2 Å². The van der Waals surface area contributed by atoms with Crippen LogP contribution in [0.4, 0.5) is 5.69 Å². The van der Waals surface area contributed by atoms with Crippen molar-refractivity contribution >= 4 is 29.1 Å². The normalized spacial score (nSPS) is 11.7. The zero-order chi connectivity index (χ0) is 21.5. The van der Waals surface area contributed by atoms with E-state index in [0.29, 0.717) is 29.6 Å². The van der Waals surface area contributed by atoms with Gasteiger partial charge in [0.1, 0.15) is 0 Å². The first kappa shape index (κ1) is 21.5. The number of aromatic nitrogens is 2. The van der Waals surface area contributed by atoms with Crippen LogP contribution in [0.5, 0.6) is 0 Å². The number of rotatable bonds is 8. The highest BCUT2D eigenvalue weighted by Crippen LogP contribution is 2.19. The van der Waals surface area contributed by atoms with E-state index in [0.717, 1.165) is 16.8 Å². The van der Waals surface area contributed by atoms with Crippen molar-refractivity contribution in [3.63, 3.8) is 0 Å². The highest BCUT2D eigenvalue weighted by atomic mass is 35.5. The fourth-order valence-electron chi connectivity index (χ4n) is 2.79. The van der Waals surface area contributed by atoms with Crippen LogP contribution in [0.3, 0.4) is 0 Å². The number of aryl methyl sites for hydroxylation is 1. The highest BCUT2D eigenvalue weighted by molar-refractivity contribution is 6.30. The SMILES string of the molecule is CCC(=O)Nc1ccc(C(C)NC(=O)CCc2nc(-c3ccc(Cl)cc3)no2)cc1. The molecule has 30 heavy (non-hydrogen) atoms. The molecule has 1 heterocycles. The molecular weight excluding hydrogens is 404 g/mol. The molecule has 7 nitrogen and oxygen atoms in total. The summed E-state index contributed by atoms with van der Waals surface area (Å²) in [5.41, 5.74) is 2.48. The molecule has 8 heteroatoms. The van der Waals surface area contributed by atoms with Gasteiger partial charge in [-0.15, -0.1) is 0 Å². The van der Waals surface area contributed by atoms with Gasteiger partial charge in [0.05, 0.1) is 6.04 Å². The van der Waals surface area contributed by atoms with Crippen molar-refractivity contribution in [3.8, 4) is 11.4 Å². The third kappa shape index (κ3) is 5.90. The lowest BCUT2D eigenvalue weighted by atomic mass is 10.1. The summed E-state index contributed by atoms with van der Waals surface area (Å²) in [7, 11) is 0. The highest BCUT2D eigenvalue weighted by Gasteiger charge is 2.13. The molecule has 1 aromatic heterocycles. The summed E-state index contributed by atoms with van der Waals surface area (Å²) in [5.74, 6) is 0.714. The minimum atomic E-state index is -0.166. The number of carbonyl (C=O) groups excluding carboxylic acids is 2. The Labute approximate surface area is 179 Å². The maximum atomic E-state index is 12.3. The van der Waals surface area contributed by atoms with E-state index in [-0.39, 0.29) is 24.3 Å². The molecule has 0 saturated heterocycles. The predicted octanol–water partition coefficient (Wildman–Crippen LogP) is 4.55. The first-order valence-corrected chi connectivity index (χ1v) is 10.1. The van der Waals surface area contributed by atoms with Crippen molar-refractivity contribution in [2.75, 3.05) is 5.32 Å². The second-order valence-electron chi connectivity index (χ2n) is 6.83. The van der Waals surface area contributed by atoms with E-state index in [1.807, 2.05) is 43.3 Å². The second kappa shape index (κ2) is 10.0. The third-order valence-electron chi connectivity index (χ3n) is 4.53. The smallest absolute Gasteiger partial charge is 0.227 e. The summed E-state index contributed by atoms with van der Waals surface area (Å²) in [5, 5.41) is 10.3. The second-order valence-corrected chi connectivity index (χ2v) is 7.27. The minimum absolute atomic E-state index is 0.0376. The number of hydrogen-bond donors (Lipinski definition) is 2. The average molecular weight is 427 g/mol. The standard InChI is InChI=1S/C22H23ClN4O3/c1-3-19(28)25-18-10-6-15(7-11-18)14(2)24-20(29)12-13-21-26-22(27-30-21)16-4-8-17(23)9-5-16/h4-11,14H,3,12-13H2,1-2H3,(H,24,29)(H,25,28). The van der Waals surface area contributed by atoms with Gasteiger partial charge in [0.15, 0.2) is 0 Å². The fraction of sp³-hybridized carbons (Fsp3) is 0.273. The van der Waals surface area contributed by atoms with E-state index in [1.54, 1.807) is 19.1 Å². The van der Waals surface area contributed by atoms with Gasteiger partial charge in [-0.05, 0) is 48.9 Å². The first-order valence-electron chi connectivity index (χ1n) is 9.72. The van der Waals surface area contributed by atoms with Crippen molar-refractivity contribution in [2.45, 2.75) is 39.2 Å². The van der Waals surface area contributed by atoms with Crippen molar-refractivity contribution in [1.82, 2.24) is 15.5 Å². The molecule has 0 spiro atoms. The average Bonchev–Trinajstić information content (AvgIpc) is 3.22. The molecule has 1 unspecified atom stereocenters. The molecular formula is C22H23ClN4O3. The van der Waals surface area contributed by atoms with Gasteiger partial charge in [0, 0.05) is 35.5 Å². The Hall–Kier alpha value is -3.19. The van der Waals surface area contributed by atoms with Crippen LogP contribution in [0, 0.1) is 0 Å². The van der Waals surface area contributed by atoms with Crippen molar-refractivity contribution in [1.29, 1.82) is 0 Å². The number of anilines is 1. The number of halogens is 1. The minimum Gasteiger partial charge on any atom is -0.350 e. The molecule has 0 fully saturated rings. The van der Waals surface area contributed by atoms with E-state index in [1.165, 1.54) is 0 Å². The molecule has 0 aliphatic rings. The topological polar surface area (TPSA) is 97.1 Å². The largest absolute Gasteiger partial charge is 0.350 e. The van der Waals surface area contributed by atoms with Gasteiger partial charge in [0.25, 0.3) is 0 Å².